The Morgan fingerprint density at radius 2 is 2.00 bits per heavy atom. The van der Waals surface area contributed by atoms with E-state index in [0.717, 1.165) is 0 Å². The van der Waals surface area contributed by atoms with Gasteiger partial charge in [0.2, 0.25) is 0 Å². The summed E-state index contributed by atoms with van der Waals surface area (Å²) >= 11 is 0. The third kappa shape index (κ3) is 7.67. The molecule has 10 heavy (non-hydrogen) atoms. The Morgan fingerprint density at radius 1 is 1.40 bits per heavy atom. The molecule has 0 aliphatic carbocycles. The molecule has 0 aromatic heterocycles. The van der Waals surface area contributed by atoms with Gasteiger partial charge in [-0.15, -0.1) is 0 Å². The molecular formula is C4H8F3NO2. The molecule has 3 nitrogen and oxygen atoms in total. The summed E-state index contributed by atoms with van der Waals surface area (Å²) in [7, 11) is 0. The van der Waals surface area contributed by atoms with E-state index in [0.29, 0.717) is 0 Å². The van der Waals surface area contributed by atoms with Crippen LogP contribution in [0.5, 0.6) is 0 Å². The minimum Gasteiger partial charge on any atom is -0.395 e. The predicted molar refractivity (Wildman–Crippen MR) is 27.1 cm³/mol. The Labute approximate surface area is 55.7 Å². The number of aliphatic hydroxyl groups is 1. The molecule has 0 aliphatic rings. The Bertz CT molecular complexity index is 85.1. The Hall–Kier alpha value is -0.330. The number of hydrogen-bond donors (Lipinski definition) is 2. The van der Waals surface area contributed by atoms with Crippen LogP contribution < -0.4 is 5.48 Å². The molecular weight excluding hydrogens is 151 g/mol. The van der Waals surface area contributed by atoms with Gasteiger partial charge in [-0.3, -0.25) is 4.84 Å². The lowest BCUT2D eigenvalue weighted by molar-refractivity contribution is -0.189. The summed E-state index contributed by atoms with van der Waals surface area (Å²) in [5, 5.41) is 8.07. The van der Waals surface area contributed by atoms with E-state index in [1.165, 1.54) is 0 Å². The molecule has 0 saturated heterocycles. The highest BCUT2D eigenvalue weighted by Gasteiger charge is 2.27. The summed E-state index contributed by atoms with van der Waals surface area (Å²) in [5.74, 6) is 0. The highest BCUT2D eigenvalue weighted by atomic mass is 19.4. The second kappa shape index (κ2) is 4.48. The van der Waals surface area contributed by atoms with Gasteiger partial charge in [0.1, 0.15) is 0 Å². The van der Waals surface area contributed by atoms with E-state index in [1.807, 2.05) is 5.48 Å². The van der Waals surface area contributed by atoms with Crippen LogP contribution in [0.4, 0.5) is 13.2 Å². The van der Waals surface area contributed by atoms with Crippen LogP contribution in [0.15, 0.2) is 0 Å². The summed E-state index contributed by atoms with van der Waals surface area (Å²) < 4.78 is 33.8. The highest BCUT2D eigenvalue weighted by molar-refractivity contribution is 4.43. The van der Waals surface area contributed by atoms with Crippen molar-refractivity contribution in [3.63, 3.8) is 0 Å². The zero-order chi connectivity index (χ0) is 8.04. The Balaban J connectivity index is 3.04. The van der Waals surface area contributed by atoms with Gasteiger partial charge < -0.3 is 5.11 Å². The lowest BCUT2D eigenvalue weighted by atomic mass is 10.7. The zero-order valence-electron chi connectivity index (χ0n) is 5.11. The van der Waals surface area contributed by atoms with Crippen molar-refractivity contribution in [1.82, 2.24) is 5.48 Å². The molecule has 0 aromatic carbocycles. The fraction of sp³-hybridized carbons (Fsp3) is 1.00. The van der Waals surface area contributed by atoms with Crippen LogP contribution in [-0.2, 0) is 4.84 Å². The Kier molecular flexibility index (Phi) is 4.33. The second-order valence-corrected chi connectivity index (χ2v) is 1.52. The van der Waals surface area contributed by atoms with Crippen LogP contribution in [-0.4, -0.2) is 31.0 Å². The number of hydrogen-bond acceptors (Lipinski definition) is 3. The molecule has 0 saturated carbocycles. The molecule has 0 heterocycles. The molecule has 2 N–H and O–H groups in total. The molecule has 0 aliphatic heterocycles. The fourth-order valence-corrected chi connectivity index (χ4v) is 0.251. The van der Waals surface area contributed by atoms with Gasteiger partial charge in [-0.2, -0.15) is 18.7 Å². The highest BCUT2D eigenvalue weighted by Crippen LogP contribution is 2.13. The lowest BCUT2D eigenvalue weighted by Gasteiger charge is -2.06. The minimum absolute atomic E-state index is 0.00389. The third-order valence-corrected chi connectivity index (χ3v) is 0.552. The van der Waals surface area contributed by atoms with Gasteiger partial charge in [0.25, 0.3) is 0 Å². The van der Waals surface area contributed by atoms with Gasteiger partial charge >= 0.3 is 6.18 Å². The largest absolute Gasteiger partial charge is 0.413 e. The van der Waals surface area contributed by atoms with Gasteiger partial charge in [-0.05, 0) is 0 Å². The molecule has 0 amide bonds. The average molecular weight is 159 g/mol. The first-order valence-electron chi connectivity index (χ1n) is 2.58. The summed E-state index contributed by atoms with van der Waals surface area (Å²) in [6, 6.07) is 0. The van der Waals surface area contributed by atoms with Crippen molar-refractivity contribution < 1.29 is 23.1 Å². The Morgan fingerprint density at radius 3 is 2.40 bits per heavy atom. The van der Waals surface area contributed by atoms with E-state index >= 15 is 0 Å². The van der Waals surface area contributed by atoms with E-state index in [2.05, 4.69) is 4.84 Å². The molecule has 62 valence electrons. The van der Waals surface area contributed by atoms with Crippen molar-refractivity contribution in [1.29, 1.82) is 0 Å². The summed E-state index contributed by atoms with van der Waals surface area (Å²) in [6.07, 6.45) is -4.32. The summed E-state index contributed by atoms with van der Waals surface area (Å²) in [5.41, 5.74) is 1.92. The van der Waals surface area contributed by atoms with Crippen LogP contribution >= 0.6 is 0 Å². The van der Waals surface area contributed by atoms with E-state index < -0.39 is 12.8 Å². The maximum atomic E-state index is 11.3. The third-order valence-electron chi connectivity index (χ3n) is 0.552. The molecule has 6 heteroatoms. The van der Waals surface area contributed by atoms with E-state index in [9.17, 15) is 13.2 Å². The van der Waals surface area contributed by atoms with Gasteiger partial charge in [0.15, 0.2) is 6.61 Å². The molecule has 0 rings (SSSR count). The van der Waals surface area contributed by atoms with Crippen molar-refractivity contribution in [3.05, 3.63) is 0 Å². The van der Waals surface area contributed by atoms with Gasteiger partial charge in [0.05, 0.1) is 6.61 Å². The van der Waals surface area contributed by atoms with Crippen molar-refractivity contribution in [2.45, 2.75) is 6.18 Å². The number of alkyl halides is 3. The van der Waals surface area contributed by atoms with Gasteiger partial charge in [-0.25, -0.2) is 0 Å². The standard InChI is InChI=1S/C4H8F3NO2/c5-4(6,7)3-10-8-1-2-9/h8-9H,1-3H2. The average Bonchev–Trinajstić information content (AvgIpc) is 1.78. The molecule has 0 radical (unpaired) electrons. The number of aliphatic hydroxyl groups excluding tert-OH is 1. The lowest BCUT2D eigenvalue weighted by Crippen LogP contribution is -2.26. The molecule has 0 bridgehead atoms. The maximum absolute atomic E-state index is 11.3. The molecule has 0 aromatic rings. The van der Waals surface area contributed by atoms with E-state index in [-0.39, 0.29) is 13.2 Å². The molecule has 0 fully saturated rings. The van der Waals surface area contributed by atoms with Crippen molar-refractivity contribution in [2.24, 2.45) is 0 Å². The fourth-order valence-electron chi connectivity index (χ4n) is 0.251. The van der Waals surface area contributed by atoms with Crippen LogP contribution in [0.2, 0.25) is 0 Å². The zero-order valence-corrected chi connectivity index (χ0v) is 5.11. The van der Waals surface area contributed by atoms with Crippen LogP contribution in [0.25, 0.3) is 0 Å². The van der Waals surface area contributed by atoms with E-state index in [1.54, 1.807) is 0 Å². The predicted octanol–water partition coefficient (Wildman–Crippen LogP) is 0.0622. The van der Waals surface area contributed by atoms with Crippen LogP contribution in [0, 0.1) is 0 Å². The molecule has 0 unspecified atom stereocenters. The first-order chi connectivity index (χ1) is 4.56. The quantitative estimate of drug-likeness (QED) is 0.450. The van der Waals surface area contributed by atoms with Gasteiger partial charge in [0, 0.05) is 6.54 Å². The first-order valence-corrected chi connectivity index (χ1v) is 2.58. The second-order valence-electron chi connectivity index (χ2n) is 1.52. The number of halogens is 3. The van der Waals surface area contributed by atoms with Crippen molar-refractivity contribution >= 4 is 0 Å². The van der Waals surface area contributed by atoms with Crippen LogP contribution in [0.1, 0.15) is 0 Å². The topological polar surface area (TPSA) is 41.5 Å². The monoisotopic (exact) mass is 159 g/mol. The maximum Gasteiger partial charge on any atom is 0.413 e. The van der Waals surface area contributed by atoms with Crippen molar-refractivity contribution in [2.75, 3.05) is 19.8 Å². The number of rotatable bonds is 4. The minimum atomic E-state index is -4.32. The number of hydroxylamine groups is 1. The summed E-state index contributed by atoms with van der Waals surface area (Å²) in [4.78, 5) is 3.90. The van der Waals surface area contributed by atoms with Crippen molar-refractivity contribution in [3.8, 4) is 0 Å². The van der Waals surface area contributed by atoms with Gasteiger partial charge in [-0.1, -0.05) is 0 Å². The SMILES string of the molecule is OCCNOCC(F)(F)F. The normalized spacial score (nSPS) is 12.0. The smallest absolute Gasteiger partial charge is 0.395 e. The van der Waals surface area contributed by atoms with E-state index in [4.69, 9.17) is 5.11 Å². The molecule has 0 atom stereocenters. The first kappa shape index (κ1) is 9.67. The van der Waals surface area contributed by atoms with Crippen LogP contribution in [0.3, 0.4) is 0 Å². The molecule has 0 spiro atoms. The number of nitrogens with one attached hydrogen (secondary N) is 1. The summed E-state index contributed by atoms with van der Waals surface area (Å²) in [6.45, 7) is -1.60.